The molecule has 27 heavy (non-hydrogen) atoms. The quantitative estimate of drug-likeness (QED) is 0.628. The standard InChI is InChI=1S/C18H26N6O2S/c1-22(2)8-3-9-24-17(15-4-6-19-7-5-15)20-21-18(24)27-14-16(25)23-10-12-26-13-11-23/h4-7H,3,8-14H2,1-2H3. The summed E-state index contributed by atoms with van der Waals surface area (Å²) in [5.74, 6) is 1.30. The number of pyridine rings is 1. The van der Waals surface area contributed by atoms with E-state index >= 15 is 0 Å². The van der Waals surface area contributed by atoms with Crippen LogP contribution >= 0.6 is 11.8 Å². The Morgan fingerprint density at radius 1 is 1.22 bits per heavy atom. The first kappa shape index (κ1) is 19.8. The monoisotopic (exact) mass is 390 g/mol. The molecule has 1 saturated heterocycles. The van der Waals surface area contributed by atoms with Crippen molar-refractivity contribution in [1.29, 1.82) is 0 Å². The van der Waals surface area contributed by atoms with Crippen LogP contribution in [0.5, 0.6) is 0 Å². The van der Waals surface area contributed by atoms with Gasteiger partial charge in [0.1, 0.15) is 0 Å². The van der Waals surface area contributed by atoms with Gasteiger partial charge in [0, 0.05) is 37.6 Å². The minimum Gasteiger partial charge on any atom is -0.378 e. The van der Waals surface area contributed by atoms with Gasteiger partial charge in [-0.2, -0.15) is 0 Å². The number of nitrogens with zero attached hydrogens (tertiary/aromatic N) is 6. The lowest BCUT2D eigenvalue weighted by atomic mass is 10.2. The minimum atomic E-state index is 0.122. The third-order valence-electron chi connectivity index (χ3n) is 4.33. The van der Waals surface area contributed by atoms with Gasteiger partial charge in [0.25, 0.3) is 0 Å². The highest BCUT2D eigenvalue weighted by atomic mass is 32.2. The molecule has 3 heterocycles. The maximum absolute atomic E-state index is 12.4. The smallest absolute Gasteiger partial charge is 0.233 e. The molecule has 0 N–H and O–H groups in total. The van der Waals surface area contributed by atoms with E-state index in [2.05, 4.69) is 38.7 Å². The summed E-state index contributed by atoms with van der Waals surface area (Å²) in [5, 5.41) is 9.51. The average Bonchev–Trinajstić information content (AvgIpc) is 3.10. The Balaban J connectivity index is 1.71. The van der Waals surface area contributed by atoms with Gasteiger partial charge in [0.15, 0.2) is 11.0 Å². The largest absolute Gasteiger partial charge is 0.378 e. The van der Waals surface area contributed by atoms with Gasteiger partial charge in [0.05, 0.1) is 19.0 Å². The van der Waals surface area contributed by atoms with Crippen LogP contribution in [0.4, 0.5) is 0 Å². The molecular formula is C18H26N6O2S. The van der Waals surface area contributed by atoms with Crippen LogP contribution in [0, 0.1) is 0 Å². The zero-order valence-electron chi connectivity index (χ0n) is 15.9. The predicted octanol–water partition coefficient (Wildman–Crippen LogP) is 1.24. The average molecular weight is 391 g/mol. The van der Waals surface area contributed by atoms with Crippen molar-refractivity contribution in [2.45, 2.75) is 18.1 Å². The third kappa shape index (κ3) is 5.50. The molecular weight excluding hydrogens is 364 g/mol. The van der Waals surface area contributed by atoms with Crippen LogP contribution in [0.15, 0.2) is 29.7 Å². The van der Waals surface area contributed by atoms with E-state index in [0.717, 1.165) is 36.1 Å². The number of carbonyl (C=O) groups excluding carboxylic acids is 1. The number of rotatable bonds is 8. The van der Waals surface area contributed by atoms with Gasteiger partial charge in [-0.05, 0) is 39.2 Å². The van der Waals surface area contributed by atoms with Crippen molar-refractivity contribution in [1.82, 2.24) is 29.5 Å². The Hall–Kier alpha value is -1.97. The Labute approximate surface area is 163 Å². The highest BCUT2D eigenvalue weighted by Crippen LogP contribution is 2.24. The molecule has 146 valence electrons. The predicted molar refractivity (Wildman–Crippen MR) is 105 cm³/mol. The van der Waals surface area contributed by atoms with E-state index in [4.69, 9.17) is 4.74 Å². The normalized spacial score (nSPS) is 14.7. The van der Waals surface area contributed by atoms with E-state index in [-0.39, 0.29) is 5.91 Å². The molecule has 0 radical (unpaired) electrons. The van der Waals surface area contributed by atoms with Crippen molar-refractivity contribution in [3.63, 3.8) is 0 Å². The topological polar surface area (TPSA) is 76.4 Å². The molecule has 0 unspecified atom stereocenters. The lowest BCUT2D eigenvalue weighted by Gasteiger charge is -2.26. The van der Waals surface area contributed by atoms with Gasteiger partial charge >= 0.3 is 0 Å². The molecule has 0 aromatic carbocycles. The molecule has 1 fully saturated rings. The first-order valence-electron chi connectivity index (χ1n) is 9.12. The molecule has 0 bridgehead atoms. The fraction of sp³-hybridized carbons (Fsp3) is 0.556. The summed E-state index contributed by atoms with van der Waals surface area (Å²) in [6.07, 6.45) is 4.49. The van der Waals surface area contributed by atoms with Gasteiger partial charge in [-0.1, -0.05) is 11.8 Å². The highest BCUT2D eigenvalue weighted by Gasteiger charge is 2.20. The van der Waals surface area contributed by atoms with Crippen LogP contribution in [-0.2, 0) is 16.1 Å². The third-order valence-corrected chi connectivity index (χ3v) is 5.28. The maximum Gasteiger partial charge on any atom is 0.233 e. The molecule has 1 aliphatic rings. The molecule has 3 rings (SSSR count). The summed E-state index contributed by atoms with van der Waals surface area (Å²) in [6, 6.07) is 3.86. The second-order valence-corrected chi connectivity index (χ2v) is 7.57. The number of carbonyl (C=O) groups is 1. The maximum atomic E-state index is 12.4. The van der Waals surface area contributed by atoms with Crippen molar-refractivity contribution in [2.24, 2.45) is 0 Å². The number of thioether (sulfide) groups is 1. The highest BCUT2D eigenvalue weighted by molar-refractivity contribution is 7.99. The number of amides is 1. The fourth-order valence-corrected chi connectivity index (χ4v) is 3.75. The fourth-order valence-electron chi connectivity index (χ4n) is 2.89. The van der Waals surface area contributed by atoms with E-state index in [0.29, 0.717) is 32.1 Å². The van der Waals surface area contributed by atoms with Gasteiger partial charge < -0.3 is 19.1 Å². The molecule has 0 atom stereocenters. The molecule has 2 aromatic rings. The van der Waals surface area contributed by atoms with Gasteiger partial charge in [-0.3, -0.25) is 9.78 Å². The van der Waals surface area contributed by atoms with Crippen molar-refractivity contribution in [2.75, 3.05) is 52.7 Å². The van der Waals surface area contributed by atoms with Crippen LogP contribution in [0.3, 0.4) is 0 Å². The summed E-state index contributed by atoms with van der Waals surface area (Å²) in [5.41, 5.74) is 0.980. The van der Waals surface area contributed by atoms with Crippen LogP contribution in [0.1, 0.15) is 6.42 Å². The first-order chi connectivity index (χ1) is 13.1. The van der Waals surface area contributed by atoms with Crippen molar-refractivity contribution >= 4 is 17.7 Å². The molecule has 0 spiro atoms. The van der Waals surface area contributed by atoms with Crippen LogP contribution in [0.25, 0.3) is 11.4 Å². The second-order valence-electron chi connectivity index (χ2n) is 6.63. The van der Waals surface area contributed by atoms with Crippen LogP contribution < -0.4 is 0 Å². The summed E-state index contributed by atoms with van der Waals surface area (Å²) < 4.78 is 7.42. The van der Waals surface area contributed by atoms with Gasteiger partial charge in [-0.25, -0.2) is 0 Å². The Kier molecular flexibility index (Phi) is 7.19. The number of aromatic nitrogens is 4. The molecule has 0 aliphatic carbocycles. The van der Waals surface area contributed by atoms with Crippen molar-refractivity contribution < 1.29 is 9.53 Å². The summed E-state index contributed by atoms with van der Waals surface area (Å²) in [7, 11) is 4.12. The van der Waals surface area contributed by atoms with E-state index in [9.17, 15) is 4.79 Å². The van der Waals surface area contributed by atoms with Gasteiger partial charge in [-0.15, -0.1) is 10.2 Å². The number of hydrogen-bond donors (Lipinski definition) is 0. The van der Waals surface area contributed by atoms with E-state index in [1.54, 1.807) is 12.4 Å². The van der Waals surface area contributed by atoms with Crippen molar-refractivity contribution in [3.05, 3.63) is 24.5 Å². The first-order valence-corrected chi connectivity index (χ1v) is 10.1. The molecule has 9 heteroatoms. The Bertz CT molecular complexity index is 731. The number of morpholine rings is 1. The summed E-state index contributed by atoms with van der Waals surface area (Å²) >= 11 is 1.45. The van der Waals surface area contributed by atoms with Gasteiger partial charge in [0.2, 0.25) is 5.91 Å². The number of ether oxygens (including phenoxy) is 1. The van der Waals surface area contributed by atoms with E-state index in [1.165, 1.54) is 11.8 Å². The molecule has 1 aliphatic heterocycles. The van der Waals surface area contributed by atoms with E-state index in [1.807, 2.05) is 17.0 Å². The Morgan fingerprint density at radius 3 is 2.67 bits per heavy atom. The molecule has 2 aromatic heterocycles. The van der Waals surface area contributed by atoms with Crippen LogP contribution in [0.2, 0.25) is 0 Å². The molecule has 8 nitrogen and oxygen atoms in total. The van der Waals surface area contributed by atoms with Crippen LogP contribution in [-0.4, -0.2) is 88.2 Å². The summed E-state index contributed by atoms with van der Waals surface area (Å²) in [6.45, 7) is 4.34. The lowest BCUT2D eigenvalue weighted by molar-refractivity contribution is -0.132. The van der Waals surface area contributed by atoms with Crippen molar-refractivity contribution in [3.8, 4) is 11.4 Å². The minimum absolute atomic E-state index is 0.122. The second kappa shape index (κ2) is 9.82. The SMILES string of the molecule is CN(C)CCCn1c(SCC(=O)N2CCOCC2)nnc1-c1ccncc1. The molecule has 1 amide bonds. The lowest BCUT2D eigenvalue weighted by Crippen LogP contribution is -2.41. The zero-order valence-corrected chi connectivity index (χ0v) is 16.7. The number of hydrogen-bond acceptors (Lipinski definition) is 7. The summed E-state index contributed by atoms with van der Waals surface area (Å²) in [4.78, 5) is 20.5. The molecule has 0 saturated carbocycles. The Morgan fingerprint density at radius 2 is 1.96 bits per heavy atom. The zero-order chi connectivity index (χ0) is 19.1. The van der Waals surface area contributed by atoms with E-state index < -0.39 is 0 Å².